The number of hydrogen-bond donors (Lipinski definition) is 1. The zero-order valence-corrected chi connectivity index (χ0v) is 39.3. The van der Waals surface area contributed by atoms with Crippen molar-refractivity contribution < 1.29 is 8.83 Å². The Bertz CT molecular complexity index is 3900. The molecule has 1 N–H and O–H groups in total. The van der Waals surface area contributed by atoms with Crippen molar-refractivity contribution in [2.75, 3.05) is 0 Å². The lowest BCUT2D eigenvalue weighted by atomic mass is 9.88. The average molecular weight is 916 g/mol. The van der Waals surface area contributed by atoms with Crippen LogP contribution in [0.15, 0.2) is 255 Å². The summed E-state index contributed by atoms with van der Waals surface area (Å²) in [4.78, 5) is 10.7. The van der Waals surface area contributed by atoms with Gasteiger partial charge < -0.3 is 14.2 Å². The van der Waals surface area contributed by atoms with Gasteiger partial charge in [-0.2, -0.15) is 0 Å². The summed E-state index contributed by atoms with van der Waals surface area (Å²) in [5.41, 5.74) is 17.5. The quantitative estimate of drug-likeness (QED) is 0.157. The Kier molecular flexibility index (Phi) is 10.7. The molecule has 0 spiro atoms. The molecule has 71 heavy (non-hydrogen) atoms. The maximum atomic E-state index is 6.92. The molecule has 0 amide bonds. The first-order chi connectivity index (χ1) is 35.1. The SMILES string of the molecule is CCC1C=C(c2ccccc2)C=C(c2cccc(-c3cccc4c3oc3cc5c(cc34)oc3c(C4=CC(C6=CC(c7ccccc7)NC(c7ccccc7)=N6)CC=C4)cccc35)c2)N=C1c1ccccc1. The number of rotatable bonds is 9. The second-order valence-corrected chi connectivity index (χ2v) is 18.7. The Morgan fingerprint density at radius 1 is 0.507 bits per heavy atom. The lowest BCUT2D eigenvalue weighted by Gasteiger charge is -2.27. The second-order valence-electron chi connectivity index (χ2n) is 18.7. The lowest BCUT2D eigenvalue weighted by molar-refractivity contribution is 0.663. The molecule has 3 aliphatic rings. The Hall–Kier alpha value is -8.80. The predicted molar refractivity (Wildman–Crippen MR) is 294 cm³/mol. The number of benzene rings is 8. The molecule has 2 aliphatic heterocycles. The molecule has 1 aliphatic carbocycles. The number of nitrogens with one attached hydrogen (secondary N) is 1. The van der Waals surface area contributed by atoms with Crippen LogP contribution >= 0.6 is 0 Å². The van der Waals surface area contributed by atoms with Gasteiger partial charge in [0.15, 0.2) is 0 Å². The van der Waals surface area contributed by atoms with Crippen LogP contribution in [-0.2, 0) is 0 Å². The number of fused-ring (bicyclic) bond motifs is 6. The van der Waals surface area contributed by atoms with Crippen molar-refractivity contribution in [3.05, 3.63) is 270 Å². The maximum absolute atomic E-state index is 6.92. The van der Waals surface area contributed by atoms with Crippen LogP contribution in [0.3, 0.4) is 0 Å². The van der Waals surface area contributed by atoms with Crippen LogP contribution in [0.2, 0.25) is 0 Å². The molecule has 0 radical (unpaired) electrons. The van der Waals surface area contributed by atoms with Gasteiger partial charge in [0, 0.05) is 61.3 Å². The molecule has 4 heterocycles. The predicted octanol–water partition coefficient (Wildman–Crippen LogP) is 16.7. The third-order valence-corrected chi connectivity index (χ3v) is 14.3. The van der Waals surface area contributed by atoms with Crippen molar-refractivity contribution in [1.82, 2.24) is 5.32 Å². The average Bonchev–Trinajstić information content (AvgIpc) is 3.93. The van der Waals surface area contributed by atoms with E-state index >= 15 is 0 Å². The lowest BCUT2D eigenvalue weighted by Crippen LogP contribution is -2.32. The van der Waals surface area contributed by atoms with Gasteiger partial charge in [0.25, 0.3) is 0 Å². The molecule has 0 fully saturated rings. The summed E-state index contributed by atoms with van der Waals surface area (Å²) < 4.78 is 13.8. The minimum absolute atomic E-state index is 0.00316. The van der Waals surface area contributed by atoms with E-state index in [-0.39, 0.29) is 17.9 Å². The van der Waals surface area contributed by atoms with E-state index < -0.39 is 0 Å². The molecule has 0 saturated heterocycles. The number of nitrogens with zero attached hydrogens (tertiary/aromatic N) is 2. The fourth-order valence-electron chi connectivity index (χ4n) is 10.7. The molecule has 0 bridgehead atoms. The van der Waals surface area contributed by atoms with Gasteiger partial charge in [0.2, 0.25) is 0 Å². The first-order valence-electron chi connectivity index (χ1n) is 24.7. The summed E-state index contributed by atoms with van der Waals surface area (Å²) in [6.45, 7) is 2.24. The van der Waals surface area contributed by atoms with E-state index in [0.717, 1.165) is 119 Å². The third kappa shape index (κ3) is 7.86. The van der Waals surface area contributed by atoms with E-state index in [0.29, 0.717) is 0 Å². The van der Waals surface area contributed by atoms with E-state index in [2.05, 4.69) is 237 Å². The number of furan rings is 2. The van der Waals surface area contributed by atoms with Gasteiger partial charge in [-0.3, -0.25) is 4.99 Å². The van der Waals surface area contributed by atoms with Crippen molar-refractivity contribution >= 4 is 72.3 Å². The van der Waals surface area contributed by atoms with E-state index in [1.54, 1.807) is 0 Å². The van der Waals surface area contributed by atoms with Crippen LogP contribution in [0.5, 0.6) is 0 Å². The molecule has 5 heteroatoms. The zero-order chi connectivity index (χ0) is 47.3. The maximum Gasteiger partial charge on any atom is 0.143 e. The Morgan fingerprint density at radius 2 is 1.10 bits per heavy atom. The molecule has 340 valence electrons. The molecule has 10 aromatic rings. The van der Waals surface area contributed by atoms with Gasteiger partial charge in [-0.1, -0.05) is 207 Å². The largest absolute Gasteiger partial charge is 0.455 e. The Morgan fingerprint density at radius 3 is 1.79 bits per heavy atom. The van der Waals surface area contributed by atoms with E-state index in [4.69, 9.17) is 18.8 Å². The number of allylic oxidation sites excluding steroid dienone is 7. The van der Waals surface area contributed by atoms with E-state index in [1.165, 1.54) is 16.7 Å². The molecule has 5 nitrogen and oxygen atoms in total. The summed E-state index contributed by atoms with van der Waals surface area (Å²) in [5.74, 6) is 1.14. The number of aliphatic imine (C=N–C) groups is 2. The molecule has 2 aromatic heterocycles. The first-order valence-corrected chi connectivity index (χ1v) is 24.7. The smallest absolute Gasteiger partial charge is 0.143 e. The van der Waals surface area contributed by atoms with Crippen molar-refractivity contribution in [2.24, 2.45) is 21.8 Å². The molecular weight excluding hydrogens is 867 g/mol. The highest BCUT2D eigenvalue weighted by Crippen LogP contribution is 2.43. The van der Waals surface area contributed by atoms with E-state index in [9.17, 15) is 0 Å². The monoisotopic (exact) mass is 915 g/mol. The number of hydrogen-bond acceptors (Lipinski definition) is 5. The number of para-hydroxylation sites is 2. The molecule has 3 unspecified atom stereocenters. The van der Waals surface area contributed by atoms with Gasteiger partial charge in [0.1, 0.15) is 28.2 Å². The second kappa shape index (κ2) is 17.9. The van der Waals surface area contributed by atoms with Crippen LogP contribution in [0.1, 0.15) is 59.2 Å². The summed E-state index contributed by atoms with van der Waals surface area (Å²) in [6.07, 6.45) is 15.6. The Labute approximate surface area is 412 Å². The summed E-state index contributed by atoms with van der Waals surface area (Å²) in [6, 6.07) is 68.2. The molecular formula is C66H49N3O2. The molecule has 13 rings (SSSR count). The van der Waals surface area contributed by atoms with Crippen molar-refractivity contribution in [1.29, 1.82) is 0 Å². The van der Waals surface area contributed by atoms with Crippen LogP contribution in [0.25, 0.3) is 71.8 Å². The fraction of sp³-hybridized carbons (Fsp3) is 0.0909. The van der Waals surface area contributed by atoms with Crippen molar-refractivity contribution in [3.8, 4) is 11.1 Å². The van der Waals surface area contributed by atoms with Gasteiger partial charge in [0.05, 0.1) is 17.5 Å². The minimum atomic E-state index is 0.00316. The standard InChI is InChI=1S/C66H49N3O2/c1-2-42-35-51(43-19-7-3-8-20-43)38-58(67-63(42)45-23-11-5-12-24-45)49-29-15-27-47(36-49)52-31-17-33-54-56-39-62-57(40-61(56)70-64(52)54)55-34-18-32-53(65(55)71-62)48-28-16-30-50(37-48)60-41-59(44-21-9-4-10-22-44)68-66(69-60)46-25-13-6-14-26-46/h3-29,31-42,50,59H,2,30H2,1H3,(H,68,69). The topological polar surface area (TPSA) is 63.0 Å². The summed E-state index contributed by atoms with van der Waals surface area (Å²) in [5, 5.41) is 7.85. The van der Waals surface area contributed by atoms with Gasteiger partial charge in [-0.05, 0) is 76.6 Å². The van der Waals surface area contributed by atoms with Gasteiger partial charge in [-0.15, -0.1) is 0 Å². The van der Waals surface area contributed by atoms with Crippen molar-refractivity contribution in [2.45, 2.75) is 25.8 Å². The number of amidine groups is 1. The summed E-state index contributed by atoms with van der Waals surface area (Å²) in [7, 11) is 0. The van der Waals surface area contributed by atoms with Gasteiger partial charge in [-0.25, -0.2) is 4.99 Å². The van der Waals surface area contributed by atoms with Crippen LogP contribution < -0.4 is 5.32 Å². The van der Waals surface area contributed by atoms with Gasteiger partial charge >= 0.3 is 0 Å². The van der Waals surface area contributed by atoms with Crippen LogP contribution in [-0.4, -0.2) is 11.5 Å². The van der Waals surface area contributed by atoms with Crippen molar-refractivity contribution in [3.63, 3.8) is 0 Å². The van der Waals surface area contributed by atoms with E-state index in [1.807, 2.05) is 6.07 Å². The first kappa shape index (κ1) is 42.3. The van der Waals surface area contributed by atoms with Crippen LogP contribution in [0.4, 0.5) is 0 Å². The highest BCUT2D eigenvalue weighted by molar-refractivity contribution is 6.18. The minimum Gasteiger partial charge on any atom is -0.455 e. The summed E-state index contributed by atoms with van der Waals surface area (Å²) >= 11 is 0. The third-order valence-electron chi connectivity index (χ3n) is 14.3. The Balaban J connectivity index is 0.867. The highest BCUT2D eigenvalue weighted by atomic mass is 16.3. The molecule has 3 atom stereocenters. The highest BCUT2D eigenvalue weighted by Gasteiger charge is 2.26. The van der Waals surface area contributed by atoms with Crippen LogP contribution in [0, 0.1) is 11.8 Å². The normalized spacial score (nSPS) is 18.1. The zero-order valence-electron chi connectivity index (χ0n) is 39.3. The molecule has 0 saturated carbocycles. The molecule has 8 aromatic carbocycles. The fourth-order valence-corrected chi connectivity index (χ4v) is 10.7.